The molecule has 0 saturated carbocycles. The lowest BCUT2D eigenvalue weighted by atomic mass is 10.1. The van der Waals surface area contributed by atoms with Gasteiger partial charge in [-0.2, -0.15) is 0 Å². The molecule has 1 aromatic carbocycles. The van der Waals surface area contributed by atoms with Crippen LogP contribution in [0.25, 0.3) is 0 Å². The Morgan fingerprint density at radius 1 is 0.812 bits per heavy atom. The molecule has 1 amide bonds. The van der Waals surface area contributed by atoms with Crippen molar-refractivity contribution in [2.24, 2.45) is 0 Å². The largest absolute Gasteiger partial charge is 0.480 e. The van der Waals surface area contributed by atoms with Crippen LogP contribution >= 0.6 is 0 Å². The number of carbonyl (C=O) groups excluding carboxylic acids is 1. The van der Waals surface area contributed by atoms with Crippen molar-refractivity contribution in [2.75, 3.05) is 73.5 Å². The van der Waals surface area contributed by atoms with Crippen LogP contribution in [0.2, 0.25) is 0 Å². The van der Waals surface area contributed by atoms with E-state index in [9.17, 15) is 14.4 Å². The summed E-state index contributed by atoms with van der Waals surface area (Å²) in [5.74, 6) is -1.76. The Kier molecular flexibility index (Phi) is 13.2. The van der Waals surface area contributed by atoms with Crippen LogP contribution in [0.1, 0.15) is 11.1 Å². The smallest absolute Gasteiger partial charge is 0.317 e. The summed E-state index contributed by atoms with van der Waals surface area (Å²) in [5.41, 5.74) is 2.01. The lowest BCUT2D eigenvalue weighted by molar-refractivity contribution is -0.138. The summed E-state index contributed by atoms with van der Waals surface area (Å²) in [5, 5.41) is 23.7. The molecular formula is C22H37N5O5. The highest BCUT2D eigenvalue weighted by atomic mass is 16.4. The molecule has 0 bridgehead atoms. The van der Waals surface area contributed by atoms with Gasteiger partial charge in [-0.15, -0.1) is 0 Å². The number of carboxylic acid groups (broad SMARTS) is 2. The van der Waals surface area contributed by atoms with E-state index in [0.717, 1.165) is 17.7 Å². The van der Waals surface area contributed by atoms with Crippen molar-refractivity contribution in [3.63, 3.8) is 0 Å². The van der Waals surface area contributed by atoms with Crippen molar-refractivity contribution < 1.29 is 24.6 Å². The predicted molar refractivity (Wildman–Crippen MR) is 123 cm³/mol. The van der Waals surface area contributed by atoms with Gasteiger partial charge in [0.2, 0.25) is 5.91 Å². The number of carboxylic acids is 2. The Morgan fingerprint density at radius 2 is 1.31 bits per heavy atom. The Labute approximate surface area is 190 Å². The normalized spacial score (nSPS) is 11.3. The van der Waals surface area contributed by atoms with Gasteiger partial charge in [-0.05, 0) is 32.3 Å². The van der Waals surface area contributed by atoms with Crippen molar-refractivity contribution in [2.45, 2.75) is 13.0 Å². The van der Waals surface area contributed by atoms with E-state index in [1.54, 1.807) is 23.9 Å². The minimum absolute atomic E-state index is 0.0161. The zero-order valence-corrected chi connectivity index (χ0v) is 19.3. The zero-order chi connectivity index (χ0) is 23.9. The van der Waals surface area contributed by atoms with Gasteiger partial charge in [0.05, 0.1) is 19.5 Å². The number of rotatable bonds is 17. The molecule has 4 N–H and O–H groups in total. The zero-order valence-electron chi connectivity index (χ0n) is 19.3. The lowest BCUT2D eigenvalue weighted by Gasteiger charge is -2.27. The molecule has 0 aliphatic rings. The van der Waals surface area contributed by atoms with Gasteiger partial charge < -0.3 is 20.8 Å². The third-order valence-electron chi connectivity index (χ3n) is 4.90. The molecule has 0 aromatic heterocycles. The minimum Gasteiger partial charge on any atom is -0.480 e. The van der Waals surface area contributed by atoms with E-state index in [-0.39, 0.29) is 19.0 Å². The Hall–Kier alpha value is -2.53. The number of hydrogen-bond acceptors (Lipinski definition) is 7. The van der Waals surface area contributed by atoms with Crippen LogP contribution in [0, 0.1) is 0 Å². The first kappa shape index (κ1) is 27.5. The van der Waals surface area contributed by atoms with Crippen molar-refractivity contribution in [3.8, 4) is 0 Å². The highest BCUT2D eigenvalue weighted by Gasteiger charge is 2.12. The van der Waals surface area contributed by atoms with E-state index in [1.807, 2.05) is 31.3 Å². The number of amides is 1. The second-order valence-corrected chi connectivity index (χ2v) is 7.99. The van der Waals surface area contributed by atoms with Gasteiger partial charge >= 0.3 is 11.9 Å². The van der Waals surface area contributed by atoms with Crippen LogP contribution < -0.4 is 10.6 Å². The van der Waals surface area contributed by atoms with Gasteiger partial charge in [-0.1, -0.05) is 24.3 Å². The van der Waals surface area contributed by atoms with Crippen LogP contribution in [0.3, 0.4) is 0 Å². The second-order valence-electron chi connectivity index (χ2n) is 7.99. The van der Waals surface area contributed by atoms with Gasteiger partial charge in [0.25, 0.3) is 0 Å². The number of carbonyl (C=O) groups is 3. The molecule has 0 aliphatic carbocycles. The molecule has 1 rings (SSSR count). The molecule has 0 saturated heterocycles. The summed E-state index contributed by atoms with van der Waals surface area (Å²) in [7, 11) is 5.36. The van der Waals surface area contributed by atoms with Gasteiger partial charge in [0.15, 0.2) is 0 Å². The summed E-state index contributed by atoms with van der Waals surface area (Å²) in [6, 6.07) is 7.87. The number of hydrogen-bond donors (Lipinski definition) is 4. The van der Waals surface area contributed by atoms with E-state index in [4.69, 9.17) is 10.2 Å². The second kappa shape index (κ2) is 15.3. The van der Waals surface area contributed by atoms with Crippen molar-refractivity contribution in [1.29, 1.82) is 0 Å². The van der Waals surface area contributed by atoms with Gasteiger partial charge in [-0.25, -0.2) is 0 Å². The van der Waals surface area contributed by atoms with E-state index in [1.165, 1.54) is 0 Å². The fourth-order valence-corrected chi connectivity index (χ4v) is 3.11. The highest BCUT2D eigenvalue weighted by Crippen LogP contribution is 2.09. The maximum Gasteiger partial charge on any atom is 0.317 e. The summed E-state index contributed by atoms with van der Waals surface area (Å²) in [6.45, 7) is 4.38. The fraction of sp³-hybridized carbons (Fsp3) is 0.591. The van der Waals surface area contributed by atoms with Crippen molar-refractivity contribution in [3.05, 3.63) is 35.4 Å². The highest BCUT2D eigenvalue weighted by molar-refractivity contribution is 5.78. The molecule has 10 heteroatoms. The monoisotopic (exact) mass is 451 g/mol. The van der Waals surface area contributed by atoms with Gasteiger partial charge in [0, 0.05) is 45.8 Å². The van der Waals surface area contributed by atoms with Gasteiger partial charge in [0.1, 0.15) is 0 Å². The maximum absolute atomic E-state index is 12.0. The minimum atomic E-state index is -0.870. The topological polar surface area (TPSA) is 125 Å². The fourth-order valence-electron chi connectivity index (χ4n) is 3.11. The van der Waals surface area contributed by atoms with Crippen LogP contribution in [0.15, 0.2) is 24.3 Å². The summed E-state index contributed by atoms with van der Waals surface area (Å²) >= 11 is 0. The Balaban J connectivity index is 2.65. The lowest BCUT2D eigenvalue weighted by Crippen LogP contribution is -2.39. The molecule has 0 heterocycles. The molecule has 32 heavy (non-hydrogen) atoms. The third-order valence-corrected chi connectivity index (χ3v) is 4.90. The Morgan fingerprint density at radius 3 is 1.78 bits per heavy atom. The Bertz CT molecular complexity index is 687. The molecule has 0 radical (unpaired) electrons. The number of benzene rings is 1. The summed E-state index contributed by atoms with van der Waals surface area (Å²) < 4.78 is 0. The molecule has 1 aromatic rings. The molecule has 10 nitrogen and oxygen atoms in total. The maximum atomic E-state index is 12.0. The average molecular weight is 452 g/mol. The molecule has 0 spiro atoms. The molecule has 0 aliphatic heterocycles. The van der Waals surface area contributed by atoms with E-state index in [2.05, 4.69) is 15.5 Å². The standard InChI is InChI=1S/C22H37N5O5/c1-23-8-9-24-20(28)14-18-4-6-19(7-5-18)15-27(12-10-25(2)16-21(29)30)13-11-26(3)17-22(31)32/h4-7,23H,8-17H2,1-3H3,(H,24,28)(H,29,30)(H,31,32). The predicted octanol–water partition coefficient (Wildman–Crippen LogP) is -0.600. The molecule has 0 fully saturated rings. The molecular weight excluding hydrogens is 414 g/mol. The van der Waals surface area contributed by atoms with Crippen LogP contribution in [0.4, 0.5) is 0 Å². The first-order valence-electron chi connectivity index (χ1n) is 10.7. The summed E-state index contributed by atoms with van der Waals surface area (Å²) in [6.07, 6.45) is 0.327. The van der Waals surface area contributed by atoms with Crippen LogP contribution in [-0.2, 0) is 27.3 Å². The first-order valence-corrected chi connectivity index (χ1v) is 10.7. The van der Waals surface area contributed by atoms with Gasteiger partial charge in [-0.3, -0.25) is 29.1 Å². The number of aliphatic carboxylic acids is 2. The van der Waals surface area contributed by atoms with E-state index >= 15 is 0 Å². The number of nitrogens with zero attached hydrogens (tertiary/aromatic N) is 3. The number of nitrogens with one attached hydrogen (secondary N) is 2. The van der Waals surface area contributed by atoms with Crippen LogP contribution in [0.5, 0.6) is 0 Å². The SMILES string of the molecule is CNCCNC(=O)Cc1ccc(CN(CCN(C)CC(=O)O)CCN(C)CC(=O)O)cc1. The van der Waals surface area contributed by atoms with Crippen molar-refractivity contribution >= 4 is 17.8 Å². The van der Waals surface area contributed by atoms with E-state index < -0.39 is 11.9 Å². The van der Waals surface area contributed by atoms with E-state index in [0.29, 0.717) is 45.7 Å². The molecule has 180 valence electrons. The quantitative estimate of drug-likeness (QED) is 0.230. The summed E-state index contributed by atoms with van der Waals surface area (Å²) in [4.78, 5) is 39.4. The number of likely N-dealkylation sites (N-methyl/N-ethyl adjacent to an activating group) is 3. The molecule has 0 unspecified atom stereocenters. The average Bonchev–Trinajstić information content (AvgIpc) is 2.70. The van der Waals surface area contributed by atoms with Crippen LogP contribution in [-0.4, -0.2) is 116 Å². The first-order chi connectivity index (χ1) is 15.2. The van der Waals surface area contributed by atoms with Crippen molar-refractivity contribution in [1.82, 2.24) is 25.3 Å². The third kappa shape index (κ3) is 13.0. The molecule has 0 atom stereocenters.